The molecule has 1 radical (unpaired) electrons. The first-order valence-corrected chi connectivity index (χ1v) is 6.48. The van der Waals surface area contributed by atoms with Crippen LogP contribution in [0.2, 0.25) is 0 Å². The Kier molecular flexibility index (Phi) is 3.16. The average Bonchev–Trinajstić information content (AvgIpc) is 2.49. The Bertz CT molecular complexity index is 667. The van der Waals surface area contributed by atoms with Gasteiger partial charge in [-0.2, -0.15) is 0 Å². The van der Waals surface area contributed by atoms with E-state index in [1.54, 1.807) is 0 Å². The lowest BCUT2D eigenvalue weighted by molar-refractivity contribution is 1.44. The van der Waals surface area contributed by atoms with Crippen LogP contribution in [-0.4, -0.2) is 0 Å². The van der Waals surface area contributed by atoms with Gasteiger partial charge in [-0.15, -0.1) is 0 Å². The summed E-state index contributed by atoms with van der Waals surface area (Å²) in [5.74, 6) is 0. The van der Waals surface area contributed by atoms with Gasteiger partial charge in [0.15, 0.2) is 0 Å². The van der Waals surface area contributed by atoms with Gasteiger partial charge in [-0.1, -0.05) is 60.7 Å². The molecule has 0 fully saturated rings. The fourth-order valence-corrected chi connectivity index (χ4v) is 2.28. The molecule has 0 heterocycles. The lowest BCUT2D eigenvalue weighted by Gasteiger charge is -2.09. The van der Waals surface area contributed by atoms with E-state index in [1.165, 1.54) is 27.8 Å². The highest BCUT2D eigenvalue weighted by Crippen LogP contribution is 2.28. The van der Waals surface area contributed by atoms with Crippen molar-refractivity contribution in [3.05, 3.63) is 84.4 Å². The molecule has 0 saturated heterocycles. The molecule has 0 unspecified atom stereocenters. The first kappa shape index (κ1) is 11.7. The van der Waals surface area contributed by atoms with E-state index >= 15 is 0 Å². The topological polar surface area (TPSA) is 0 Å². The molecular formula is C19H15. The monoisotopic (exact) mass is 243 g/mol. The van der Waals surface area contributed by atoms with Crippen LogP contribution in [0.15, 0.2) is 72.8 Å². The zero-order valence-electron chi connectivity index (χ0n) is 10.9. The van der Waals surface area contributed by atoms with E-state index in [4.69, 9.17) is 0 Å². The zero-order valence-corrected chi connectivity index (χ0v) is 10.9. The Morgan fingerprint density at radius 1 is 0.684 bits per heavy atom. The number of aryl methyl sites for hydroxylation is 1. The summed E-state index contributed by atoms with van der Waals surface area (Å²) < 4.78 is 0. The van der Waals surface area contributed by atoms with Gasteiger partial charge in [0.25, 0.3) is 0 Å². The Labute approximate surface area is 114 Å². The summed E-state index contributed by atoms with van der Waals surface area (Å²) >= 11 is 0. The second kappa shape index (κ2) is 5.11. The Morgan fingerprint density at radius 3 is 1.89 bits per heavy atom. The summed E-state index contributed by atoms with van der Waals surface area (Å²) in [7, 11) is 0. The molecule has 0 aliphatic heterocycles. The highest BCUT2D eigenvalue weighted by Gasteiger charge is 2.04. The van der Waals surface area contributed by atoms with Crippen molar-refractivity contribution in [3.63, 3.8) is 0 Å². The van der Waals surface area contributed by atoms with Crippen LogP contribution in [0.5, 0.6) is 0 Å². The molecule has 91 valence electrons. The summed E-state index contributed by atoms with van der Waals surface area (Å²) in [6.07, 6.45) is 0. The molecular weight excluding hydrogens is 228 g/mol. The molecule has 19 heavy (non-hydrogen) atoms. The molecule has 3 aromatic rings. The summed E-state index contributed by atoms with van der Waals surface area (Å²) in [6, 6.07) is 28.6. The Hall–Kier alpha value is -2.34. The predicted octanol–water partition coefficient (Wildman–Crippen LogP) is 5.13. The molecule has 3 aromatic carbocycles. The van der Waals surface area contributed by atoms with Gasteiger partial charge in [0, 0.05) is 0 Å². The molecule has 0 aliphatic rings. The van der Waals surface area contributed by atoms with Crippen molar-refractivity contribution in [3.8, 4) is 22.3 Å². The van der Waals surface area contributed by atoms with E-state index in [0.717, 1.165) is 0 Å². The Balaban J connectivity index is 2.12. The second-order valence-corrected chi connectivity index (χ2v) is 4.66. The minimum absolute atomic E-state index is 1.19. The molecule has 0 bridgehead atoms. The Morgan fingerprint density at radius 2 is 1.26 bits per heavy atom. The van der Waals surface area contributed by atoms with Crippen LogP contribution in [0.4, 0.5) is 0 Å². The van der Waals surface area contributed by atoms with Crippen LogP contribution in [0.25, 0.3) is 22.3 Å². The number of rotatable bonds is 2. The van der Waals surface area contributed by atoms with Gasteiger partial charge in [-0.3, -0.25) is 0 Å². The van der Waals surface area contributed by atoms with Gasteiger partial charge in [-0.05, 0) is 52.9 Å². The van der Waals surface area contributed by atoms with Gasteiger partial charge in [-0.25, -0.2) is 0 Å². The first-order chi connectivity index (χ1) is 9.34. The first-order valence-electron chi connectivity index (χ1n) is 6.48. The van der Waals surface area contributed by atoms with E-state index in [1.807, 2.05) is 12.1 Å². The van der Waals surface area contributed by atoms with Gasteiger partial charge >= 0.3 is 0 Å². The largest absolute Gasteiger partial charge is 0.0622 e. The maximum absolute atomic E-state index is 3.37. The van der Waals surface area contributed by atoms with Crippen molar-refractivity contribution >= 4 is 0 Å². The summed E-state index contributed by atoms with van der Waals surface area (Å²) in [5, 5.41) is 0. The lowest BCUT2D eigenvalue weighted by atomic mass is 9.95. The molecule has 0 spiro atoms. The second-order valence-electron chi connectivity index (χ2n) is 4.66. The van der Waals surface area contributed by atoms with E-state index < -0.39 is 0 Å². The fraction of sp³-hybridized carbons (Fsp3) is 0.0526. The highest BCUT2D eigenvalue weighted by molar-refractivity contribution is 5.75. The molecule has 0 aliphatic carbocycles. The smallest absolute Gasteiger partial charge is 0.0139 e. The van der Waals surface area contributed by atoms with Crippen LogP contribution in [0.1, 0.15) is 5.56 Å². The van der Waals surface area contributed by atoms with Gasteiger partial charge in [0.05, 0.1) is 0 Å². The van der Waals surface area contributed by atoms with Gasteiger partial charge in [0.1, 0.15) is 0 Å². The number of hydrogen-bond donors (Lipinski definition) is 0. The quantitative estimate of drug-likeness (QED) is 0.585. The summed E-state index contributed by atoms with van der Waals surface area (Å²) in [4.78, 5) is 0. The molecule has 0 amide bonds. The number of hydrogen-bond acceptors (Lipinski definition) is 0. The predicted molar refractivity (Wildman–Crippen MR) is 80.9 cm³/mol. The zero-order chi connectivity index (χ0) is 13.1. The fourth-order valence-electron chi connectivity index (χ4n) is 2.28. The van der Waals surface area contributed by atoms with E-state index in [-0.39, 0.29) is 0 Å². The van der Waals surface area contributed by atoms with E-state index in [0.29, 0.717) is 0 Å². The van der Waals surface area contributed by atoms with E-state index in [2.05, 4.69) is 73.7 Å². The van der Waals surface area contributed by atoms with Crippen LogP contribution >= 0.6 is 0 Å². The molecule has 0 nitrogen and oxygen atoms in total. The van der Waals surface area contributed by atoms with Crippen LogP contribution in [0.3, 0.4) is 0 Å². The van der Waals surface area contributed by atoms with Crippen LogP contribution in [-0.2, 0) is 0 Å². The van der Waals surface area contributed by atoms with Crippen molar-refractivity contribution in [2.24, 2.45) is 0 Å². The number of benzene rings is 3. The minimum atomic E-state index is 1.19. The van der Waals surface area contributed by atoms with Crippen molar-refractivity contribution in [1.82, 2.24) is 0 Å². The van der Waals surface area contributed by atoms with Crippen LogP contribution < -0.4 is 0 Å². The molecule has 3 rings (SSSR count). The van der Waals surface area contributed by atoms with Crippen molar-refractivity contribution in [2.75, 3.05) is 0 Å². The SMILES string of the molecule is Cc1[c]cc(-c2ccccc2)cc1-c1ccccc1. The van der Waals surface area contributed by atoms with E-state index in [9.17, 15) is 0 Å². The van der Waals surface area contributed by atoms with Crippen molar-refractivity contribution in [1.29, 1.82) is 0 Å². The molecule has 0 heteroatoms. The highest BCUT2D eigenvalue weighted by atomic mass is 14.1. The molecule has 0 atom stereocenters. The maximum atomic E-state index is 3.37. The van der Waals surface area contributed by atoms with Crippen LogP contribution in [0, 0.1) is 13.0 Å². The third-order valence-corrected chi connectivity index (χ3v) is 3.34. The molecule has 0 saturated carbocycles. The summed E-state index contributed by atoms with van der Waals surface area (Å²) in [5.41, 5.74) is 6.13. The molecule has 0 N–H and O–H groups in total. The van der Waals surface area contributed by atoms with Gasteiger partial charge < -0.3 is 0 Å². The third-order valence-electron chi connectivity index (χ3n) is 3.34. The standard InChI is InChI=1S/C19H15/c1-15-12-13-18(16-8-4-2-5-9-16)14-19(15)17-10-6-3-7-11-17/h2-11,13-14H,1H3. The van der Waals surface area contributed by atoms with Gasteiger partial charge in [0.2, 0.25) is 0 Å². The minimum Gasteiger partial charge on any atom is -0.0622 e. The lowest BCUT2D eigenvalue weighted by Crippen LogP contribution is -1.86. The summed E-state index contributed by atoms with van der Waals surface area (Å²) in [6.45, 7) is 2.11. The third kappa shape index (κ3) is 2.43. The van der Waals surface area contributed by atoms with Crippen molar-refractivity contribution in [2.45, 2.75) is 6.92 Å². The van der Waals surface area contributed by atoms with Crippen molar-refractivity contribution < 1.29 is 0 Å². The average molecular weight is 243 g/mol. The normalized spacial score (nSPS) is 10.4. The maximum Gasteiger partial charge on any atom is -0.0139 e. The molecule has 0 aromatic heterocycles.